The van der Waals surface area contributed by atoms with Crippen LogP contribution in [0.25, 0.3) is 0 Å². The maximum Gasteiger partial charge on any atom is 0.347 e. The van der Waals surface area contributed by atoms with Crippen molar-refractivity contribution in [3.63, 3.8) is 0 Å². The minimum absolute atomic E-state index is 0.0298. The summed E-state index contributed by atoms with van der Waals surface area (Å²) in [5.41, 5.74) is -1.17. The van der Waals surface area contributed by atoms with Gasteiger partial charge in [0.15, 0.2) is 0 Å². The van der Waals surface area contributed by atoms with Crippen molar-refractivity contribution in [2.75, 3.05) is 32.7 Å². The van der Waals surface area contributed by atoms with Crippen LogP contribution in [0.3, 0.4) is 0 Å². The van der Waals surface area contributed by atoms with Crippen molar-refractivity contribution >= 4 is 17.6 Å². The number of rotatable bonds is 7. The van der Waals surface area contributed by atoms with Gasteiger partial charge in [0.2, 0.25) is 23.8 Å². The first-order valence-corrected chi connectivity index (χ1v) is 10.5. The molecule has 10 nitrogen and oxygen atoms in total. The van der Waals surface area contributed by atoms with E-state index >= 15 is 4.39 Å². The lowest BCUT2D eigenvalue weighted by Crippen LogP contribution is -2.59. The number of likely N-dealkylation sites (N-methyl/N-ethyl adjacent to an activating group) is 1. The molecule has 0 aliphatic carbocycles. The number of methoxy groups -OCH3 is 2. The van der Waals surface area contributed by atoms with Crippen molar-refractivity contribution in [1.82, 2.24) is 15.3 Å². The number of anilines is 1. The number of hydrogen-bond acceptors (Lipinski definition) is 8. The topological polar surface area (TPSA) is 123 Å². The summed E-state index contributed by atoms with van der Waals surface area (Å²) in [5, 5.41) is 13.4. The van der Waals surface area contributed by atoms with Crippen LogP contribution in [-0.4, -0.2) is 60.9 Å². The van der Waals surface area contributed by atoms with Gasteiger partial charge >= 0.3 is 12.0 Å². The average molecular weight is 482 g/mol. The largest absolute Gasteiger partial charge is 0.481 e. The molecule has 1 amide bonds. The van der Waals surface area contributed by atoms with Crippen molar-refractivity contribution < 1.29 is 33.3 Å². The third-order valence-corrected chi connectivity index (χ3v) is 5.80. The molecule has 182 valence electrons. The number of nitrogens with zero attached hydrogens (tertiary/aromatic N) is 3. The summed E-state index contributed by atoms with van der Waals surface area (Å²) in [6, 6.07) is 13.4. The number of carboxylic acids is 1. The minimum Gasteiger partial charge on any atom is -0.481 e. The van der Waals surface area contributed by atoms with Gasteiger partial charge in [-0.15, -0.1) is 0 Å². The molecule has 1 aliphatic heterocycles. The van der Waals surface area contributed by atoms with E-state index in [2.05, 4.69) is 15.3 Å². The van der Waals surface area contributed by atoms with E-state index in [1.807, 2.05) is 0 Å². The lowest BCUT2D eigenvalue weighted by Gasteiger charge is -2.39. The third kappa shape index (κ3) is 4.21. The fourth-order valence-corrected chi connectivity index (χ4v) is 4.13. The van der Waals surface area contributed by atoms with Gasteiger partial charge in [-0.1, -0.05) is 36.4 Å². The van der Waals surface area contributed by atoms with E-state index in [1.54, 1.807) is 37.4 Å². The van der Waals surface area contributed by atoms with E-state index in [4.69, 9.17) is 14.2 Å². The van der Waals surface area contributed by atoms with Crippen LogP contribution < -0.4 is 24.4 Å². The number of carbonyl (C=O) groups is 2. The molecule has 1 aliphatic rings. The summed E-state index contributed by atoms with van der Waals surface area (Å²) in [7, 11) is 4.30. The molecule has 2 aromatic carbocycles. The lowest BCUT2D eigenvalue weighted by molar-refractivity contribution is -0.149. The molecule has 4 rings (SSSR count). The molecule has 0 bridgehead atoms. The van der Waals surface area contributed by atoms with E-state index in [9.17, 15) is 14.7 Å². The molecule has 0 fully saturated rings. The Labute approximate surface area is 200 Å². The Morgan fingerprint density at radius 3 is 2.29 bits per heavy atom. The van der Waals surface area contributed by atoms with Crippen molar-refractivity contribution in [1.29, 1.82) is 0 Å². The third-order valence-electron chi connectivity index (χ3n) is 5.80. The highest BCUT2D eigenvalue weighted by Crippen LogP contribution is 2.42. The first-order valence-electron chi connectivity index (χ1n) is 10.5. The number of para-hydroxylation sites is 1. The Morgan fingerprint density at radius 2 is 1.69 bits per heavy atom. The predicted molar refractivity (Wildman–Crippen MR) is 122 cm³/mol. The SMILES string of the molecule is COc1cc(OC)nc(OC(C(=O)O)C2(c3ccccc3F)NCC(=O)N(C)c3ccccc32)n1. The molecule has 11 heteroatoms. The van der Waals surface area contributed by atoms with Gasteiger partial charge in [0, 0.05) is 23.9 Å². The standard InChI is InChI=1S/C24H23FN4O6/c1-29-17-11-7-5-9-15(17)24(26-13-20(29)30,14-8-4-6-10-16(14)25)21(22(31)32)35-23-27-18(33-2)12-19(28-23)34-3/h4-12,21,26H,13H2,1-3H3,(H,31,32). The van der Waals surface area contributed by atoms with Gasteiger partial charge in [0.05, 0.1) is 26.8 Å². The van der Waals surface area contributed by atoms with Crippen LogP contribution in [0.5, 0.6) is 17.8 Å². The number of ether oxygens (including phenoxy) is 3. The van der Waals surface area contributed by atoms with Crippen LogP contribution in [0.1, 0.15) is 11.1 Å². The van der Waals surface area contributed by atoms with Crippen LogP contribution in [-0.2, 0) is 15.1 Å². The summed E-state index contributed by atoms with van der Waals surface area (Å²) in [5.74, 6) is -2.34. The summed E-state index contributed by atoms with van der Waals surface area (Å²) >= 11 is 0. The number of fused-ring (bicyclic) bond motifs is 1. The Balaban J connectivity index is 2.00. The zero-order valence-corrected chi connectivity index (χ0v) is 19.2. The predicted octanol–water partition coefficient (Wildman–Crippen LogP) is 1.97. The second-order valence-electron chi connectivity index (χ2n) is 7.68. The normalized spacial score (nSPS) is 18.3. The van der Waals surface area contributed by atoms with Crippen LogP contribution in [0.15, 0.2) is 54.6 Å². The number of halogens is 1. The summed E-state index contributed by atoms with van der Waals surface area (Å²) < 4.78 is 31.5. The summed E-state index contributed by atoms with van der Waals surface area (Å²) in [6.07, 6.45) is -1.82. The second-order valence-corrected chi connectivity index (χ2v) is 7.68. The molecule has 0 radical (unpaired) electrons. The van der Waals surface area contributed by atoms with Gasteiger partial charge in [-0.25, -0.2) is 9.18 Å². The summed E-state index contributed by atoms with van der Waals surface area (Å²) in [4.78, 5) is 35.1. The van der Waals surface area contributed by atoms with E-state index in [0.29, 0.717) is 11.3 Å². The smallest absolute Gasteiger partial charge is 0.347 e. The molecule has 2 heterocycles. The Hall–Kier alpha value is -4.25. The minimum atomic E-state index is -1.85. The van der Waals surface area contributed by atoms with Gasteiger partial charge in [0.25, 0.3) is 0 Å². The molecule has 0 saturated carbocycles. The van der Waals surface area contributed by atoms with Crippen molar-refractivity contribution in [3.8, 4) is 17.8 Å². The fourth-order valence-electron chi connectivity index (χ4n) is 4.13. The quantitative estimate of drug-likeness (QED) is 0.520. The zero-order chi connectivity index (χ0) is 25.2. The average Bonchev–Trinajstić information content (AvgIpc) is 2.98. The van der Waals surface area contributed by atoms with E-state index in [-0.39, 0.29) is 35.8 Å². The number of amides is 1. The second kappa shape index (κ2) is 9.55. The molecule has 0 saturated heterocycles. The van der Waals surface area contributed by atoms with E-state index in [0.717, 1.165) is 0 Å². The highest BCUT2D eigenvalue weighted by Gasteiger charge is 2.53. The first-order chi connectivity index (χ1) is 16.8. The number of aromatic nitrogens is 2. The highest BCUT2D eigenvalue weighted by atomic mass is 19.1. The van der Waals surface area contributed by atoms with Gasteiger partial charge in [0.1, 0.15) is 11.4 Å². The molecule has 0 spiro atoms. The highest BCUT2D eigenvalue weighted by molar-refractivity contribution is 5.97. The summed E-state index contributed by atoms with van der Waals surface area (Å²) in [6.45, 7) is -0.297. The Morgan fingerprint density at radius 1 is 1.09 bits per heavy atom. The fraction of sp³-hybridized carbons (Fsp3) is 0.250. The number of benzene rings is 2. The first kappa shape index (κ1) is 23.9. The van der Waals surface area contributed by atoms with Crippen molar-refractivity contribution in [2.45, 2.75) is 11.6 Å². The van der Waals surface area contributed by atoms with Crippen LogP contribution in [0, 0.1) is 5.82 Å². The molecule has 2 N–H and O–H groups in total. The Bertz CT molecular complexity index is 1250. The molecule has 2 atom stereocenters. The number of nitrogens with one attached hydrogen (secondary N) is 1. The Kier molecular flexibility index (Phi) is 6.52. The maximum atomic E-state index is 15.4. The number of hydrogen-bond donors (Lipinski definition) is 2. The molecule has 35 heavy (non-hydrogen) atoms. The van der Waals surface area contributed by atoms with Gasteiger partial charge in [-0.3, -0.25) is 10.1 Å². The van der Waals surface area contributed by atoms with Crippen molar-refractivity contribution in [2.24, 2.45) is 0 Å². The molecular weight excluding hydrogens is 459 g/mol. The van der Waals surface area contributed by atoms with Crippen LogP contribution in [0.2, 0.25) is 0 Å². The molecule has 2 unspecified atom stereocenters. The van der Waals surface area contributed by atoms with Gasteiger partial charge < -0.3 is 24.2 Å². The van der Waals surface area contributed by atoms with Crippen LogP contribution in [0.4, 0.5) is 10.1 Å². The lowest BCUT2D eigenvalue weighted by atomic mass is 9.76. The van der Waals surface area contributed by atoms with Crippen LogP contribution >= 0.6 is 0 Å². The van der Waals surface area contributed by atoms with Crippen molar-refractivity contribution in [3.05, 3.63) is 71.5 Å². The maximum absolute atomic E-state index is 15.4. The van der Waals surface area contributed by atoms with Gasteiger partial charge in [-0.2, -0.15) is 9.97 Å². The van der Waals surface area contributed by atoms with E-state index < -0.39 is 23.4 Å². The van der Waals surface area contributed by atoms with E-state index in [1.165, 1.54) is 43.4 Å². The zero-order valence-electron chi connectivity index (χ0n) is 19.2. The number of carbonyl (C=O) groups excluding carboxylic acids is 1. The molecule has 1 aromatic heterocycles. The molecular formula is C24H23FN4O6. The molecule has 3 aromatic rings. The monoisotopic (exact) mass is 482 g/mol. The number of aliphatic carboxylic acids is 1. The number of carboxylic acid groups (broad SMARTS) is 1. The van der Waals surface area contributed by atoms with Gasteiger partial charge in [-0.05, 0) is 12.1 Å².